The summed E-state index contributed by atoms with van der Waals surface area (Å²) in [5.41, 5.74) is 4.50. The van der Waals surface area contributed by atoms with Crippen molar-refractivity contribution in [3.8, 4) is 22.6 Å². The van der Waals surface area contributed by atoms with E-state index in [0.717, 1.165) is 34.6 Å². The molecule has 0 aliphatic carbocycles. The quantitative estimate of drug-likeness (QED) is 0.520. The topological polar surface area (TPSA) is 18.5 Å². The number of ether oxygens (including phenoxy) is 2. The fourth-order valence-electron chi connectivity index (χ4n) is 2.75. The van der Waals surface area contributed by atoms with E-state index in [-0.39, 0.29) is 0 Å². The van der Waals surface area contributed by atoms with Crippen molar-refractivity contribution in [2.75, 3.05) is 7.11 Å². The number of hydrogen-bond acceptors (Lipinski definition) is 2. The lowest BCUT2D eigenvalue weighted by molar-refractivity contribution is 0.307. The first-order valence-corrected chi connectivity index (χ1v) is 8.35. The van der Waals surface area contributed by atoms with E-state index in [4.69, 9.17) is 9.47 Å². The van der Waals surface area contributed by atoms with Crippen molar-refractivity contribution in [1.82, 2.24) is 0 Å². The van der Waals surface area contributed by atoms with Gasteiger partial charge in [-0.05, 0) is 47.4 Å². The zero-order valence-electron chi connectivity index (χ0n) is 14.4. The molecule has 0 radical (unpaired) electrons. The maximum absolute atomic E-state index is 6.12. The van der Waals surface area contributed by atoms with Crippen LogP contribution in [0.25, 0.3) is 11.1 Å². The minimum Gasteiger partial charge on any atom is -0.497 e. The Morgan fingerprint density at radius 3 is 2.48 bits per heavy atom. The van der Waals surface area contributed by atoms with Gasteiger partial charge in [-0.1, -0.05) is 54.6 Å². The second kappa shape index (κ2) is 8.20. The van der Waals surface area contributed by atoms with Crippen LogP contribution in [0.3, 0.4) is 0 Å². The summed E-state index contributed by atoms with van der Waals surface area (Å²) in [4.78, 5) is 0. The summed E-state index contributed by atoms with van der Waals surface area (Å²) in [6, 6.07) is 24.5. The van der Waals surface area contributed by atoms with Crippen molar-refractivity contribution in [3.05, 3.63) is 96.6 Å². The second-order valence-corrected chi connectivity index (χ2v) is 5.83. The van der Waals surface area contributed by atoms with Gasteiger partial charge in [0.1, 0.15) is 18.1 Å². The van der Waals surface area contributed by atoms with Crippen LogP contribution in [0.2, 0.25) is 0 Å². The Bertz CT molecular complexity index is 838. The van der Waals surface area contributed by atoms with Crippen LogP contribution in [0.15, 0.2) is 85.5 Å². The van der Waals surface area contributed by atoms with Crippen molar-refractivity contribution < 1.29 is 9.47 Å². The first kappa shape index (κ1) is 16.8. The first-order chi connectivity index (χ1) is 12.3. The SMILES string of the molecule is C=CCc1ccc(OCc2ccccc2)c(-c2cccc(OC)c2)c1. The Balaban J connectivity index is 1.94. The Hall–Kier alpha value is -3.00. The van der Waals surface area contributed by atoms with E-state index in [1.807, 2.05) is 48.5 Å². The van der Waals surface area contributed by atoms with Crippen LogP contribution in [0.1, 0.15) is 11.1 Å². The molecule has 0 aliphatic rings. The molecule has 0 saturated heterocycles. The molecule has 3 aromatic rings. The van der Waals surface area contributed by atoms with E-state index >= 15 is 0 Å². The Labute approximate surface area is 149 Å². The largest absolute Gasteiger partial charge is 0.497 e. The molecule has 2 heteroatoms. The summed E-state index contributed by atoms with van der Waals surface area (Å²) in [6.45, 7) is 4.37. The van der Waals surface area contributed by atoms with Gasteiger partial charge in [0.15, 0.2) is 0 Å². The fraction of sp³-hybridized carbons (Fsp3) is 0.130. The molecule has 3 aromatic carbocycles. The van der Waals surface area contributed by atoms with Crippen molar-refractivity contribution in [3.63, 3.8) is 0 Å². The van der Waals surface area contributed by atoms with Gasteiger partial charge in [0.25, 0.3) is 0 Å². The van der Waals surface area contributed by atoms with E-state index in [2.05, 4.69) is 36.9 Å². The molecule has 0 N–H and O–H groups in total. The monoisotopic (exact) mass is 330 g/mol. The predicted molar refractivity (Wildman–Crippen MR) is 103 cm³/mol. The molecule has 3 rings (SSSR count). The van der Waals surface area contributed by atoms with Crippen LogP contribution in [-0.4, -0.2) is 7.11 Å². The molecule has 2 nitrogen and oxygen atoms in total. The van der Waals surface area contributed by atoms with Crippen LogP contribution in [0.5, 0.6) is 11.5 Å². The molecule has 0 aromatic heterocycles. The van der Waals surface area contributed by atoms with Gasteiger partial charge in [-0.2, -0.15) is 0 Å². The smallest absolute Gasteiger partial charge is 0.127 e. The van der Waals surface area contributed by atoms with Crippen molar-refractivity contribution in [2.24, 2.45) is 0 Å². The van der Waals surface area contributed by atoms with Crippen molar-refractivity contribution >= 4 is 0 Å². The molecule has 0 bridgehead atoms. The number of methoxy groups -OCH3 is 1. The van der Waals surface area contributed by atoms with Gasteiger partial charge < -0.3 is 9.47 Å². The maximum Gasteiger partial charge on any atom is 0.127 e. The van der Waals surface area contributed by atoms with Gasteiger partial charge in [0.2, 0.25) is 0 Å². The zero-order valence-corrected chi connectivity index (χ0v) is 14.4. The highest BCUT2D eigenvalue weighted by atomic mass is 16.5. The van der Waals surface area contributed by atoms with E-state index < -0.39 is 0 Å². The molecule has 126 valence electrons. The summed E-state index contributed by atoms with van der Waals surface area (Å²) in [5.74, 6) is 1.70. The van der Waals surface area contributed by atoms with Crippen molar-refractivity contribution in [1.29, 1.82) is 0 Å². The average Bonchev–Trinajstić information content (AvgIpc) is 2.68. The molecule has 0 fully saturated rings. The molecule has 25 heavy (non-hydrogen) atoms. The minimum absolute atomic E-state index is 0.540. The highest BCUT2D eigenvalue weighted by Crippen LogP contribution is 2.33. The number of allylic oxidation sites excluding steroid dienone is 1. The third-order valence-electron chi connectivity index (χ3n) is 4.04. The summed E-state index contributed by atoms with van der Waals surface area (Å²) in [6.07, 6.45) is 2.74. The van der Waals surface area contributed by atoms with Gasteiger partial charge in [0, 0.05) is 5.56 Å². The minimum atomic E-state index is 0.540. The van der Waals surface area contributed by atoms with Crippen LogP contribution < -0.4 is 9.47 Å². The number of hydrogen-bond donors (Lipinski definition) is 0. The van der Waals surface area contributed by atoms with Gasteiger partial charge in [0.05, 0.1) is 7.11 Å². The molecule has 0 heterocycles. The second-order valence-electron chi connectivity index (χ2n) is 5.83. The van der Waals surface area contributed by atoms with Gasteiger partial charge in [-0.15, -0.1) is 6.58 Å². The third-order valence-corrected chi connectivity index (χ3v) is 4.04. The lowest BCUT2D eigenvalue weighted by Crippen LogP contribution is -1.98. The molecule has 0 aliphatic heterocycles. The molecule has 0 spiro atoms. The number of benzene rings is 3. The molecule has 0 atom stereocenters. The number of rotatable bonds is 7. The fourth-order valence-corrected chi connectivity index (χ4v) is 2.75. The average molecular weight is 330 g/mol. The van der Waals surface area contributed by atoms with E-state index in [1.165, 1.54) is 5.56 Å². The van der Waals surface area contributed by atoms with E-state index in [1.54, 1.807) is 7.11 Å². The Kier molecular flexibility index (Phi) is 5.53. The lowest BCUT2D eigenvalue weighted by atomic mass is 10.00. The highest BCUT2D eigenvalue weighted by Gasteiger charge is 2.09. The van der Waals surface area contributed by atoms with Gasteiger partial charge in [-0.25, -0.2) is 0 Å². The normalized spacial score (nSPS) is 10.3. The van der Waals surface area contributed by atoms with Crippen LogP contribution in [0, 0.1) is 0 Å². The lowest BCUT2D eigenvalue weighted by Gasteiger charge is -2.14. The van der Waals surface area contributed by atoms with E-state index in [9.17, 15) is 0 Å². The summed E-state index contributed by atoms with van der Waals surface area (Å²) in [7, 11) is 1.68. The van der Waals surface area contributed by atoms with Crippen LogP contribution in [0.4, 0.5) is 0 Å². The Morgan fingerprint density at radius 1 is 0.880 bits per heavy atom. The summed E-state index contributed by atoms with van der Waals surface area (Å²) in [5, 5.41) is 0. The summed E-state index contributed by atoms with van der Waals surface area (Å²) >= 11 is 0. The molecule has 0 unspecified atom stereocenters. The summed E-state index contributed by atoms with van der Waals surface area (Å²) < 4.78 is 11.5. The maximum atomic E-state index is 6.12. The molecular weight excluding hydrogens is 308 g/mol. The van der Waals surface area contributed by atoms with Gasteiger partial charge >= 0.3 is 0 Å². The zero-order chi connectivity index (χ0) is 17.5. The van der Waals surface area contributed by atoms with E-state index in [0.29, 0.717) is 6.61 Å². The highest BCUT2D eigenvalue weighted by molar-refractivity contribution is 5.72. The van der Waals surface area contributed by atoms with Crippen LogP contribution in [-0.2, 0) is 13.0 Å². The molecule has 0 amide bonds. The first-order valence-electron chi connectivity index (χ1n) is 8.35. The predicted octanol–water partition coefficient (Wildman–Crippen LogP) is 5.67. The van der Waals surface area contributed by atoms with Gasteiger partial charge in [-0.3, -0.25) is 0 Å². The molecular formula is C23H22O2. The van der Waals surface area contributed by atoms with Crippen molar-refractivity contribution in [2.45, 2.75) is 13.0 Å². The Morgan fingerprint density at radius 2 is 1.72 bits per heavy atom. The van der Waals surface area contributed by atoms with Crippen LogP contribution >= 0.6 is 0 Å². The standard InChI is InChI=1S/C23H22O2/c1-3-8-18-13-14-23(25-17-19-9-5-4-6-10-19)22(15-18)20-11-7-12-21(16-20)24-2/h3-7,9-16H,1,8,17H2,2H3. The molecule has 0 saturated carbocycles. The third kappa shape index (κ3) is 4.30.